The van der Waals surface area contributed by atoms with Crippen molar-refractivity contribution in [3.8, 4) is 0 Å². The zero-order valence-electron chi connectivity index (χ0n) is 12.0. The molecule has 2 heterocycles. The fourth-order valence-corrected chi connectivity index (χ4v) is 2.47. The molecule has 1 fully saturated rings. The van der Waals surface area contributed by atoms with E-state index in [-0.39, 0.29) is 18.5 Å². The van der Waals surface area contributed by atoms with E-state index in [9.17, 15) is 9.59 Å². The summed E-state index contributed by atoms with van der Waals surface area (Å²) in [5.41, 5.74) is 1.14. The van der Waals surface area contributed by atoms with Crippen molar-refractivity contribution in [2.75, 3.05) is 39.8 Å². The summed E-state index contributed by atoms with van der Waals surface area (Å²) in [7, 11) is 2.00. The van der Waals surface area contributed by atoms with E-state index in [1.54, 1.807) is 6.92 Å². The number of nitrogens with one attached hydrogen (secondary N) is 3. The quantitative estimate of drug-likeness (QED) is 0.587. The molecule has 2 amide bonds. The molecular weight excluding hydrogens is 260 g/mol. The fourth-order valence-electron chi connectivity index (χ4n) is 2.47. The summed E-state index contributed by atoms with van der Waals surface area (Å²) in [6, 6.07) is 0.156. The third kappa shape index (κ3) is 3.49. The summed E-state index contributed by atoms with van der Waals surface area (Å²) in [5.74, 6) is -0.368. The van der Waals surface area contributed by atoms with Crippen molar-refractivity contribution in [3.63, 3.8) is 0 Å². The molecule has 20 heavy (non-hydrogen) atoms. The number of esters is 1. The molecule has 0 aromatic heterocycles. The highest BCUT2D eigenvalue weighted by atomic mass is 16.5. The number of hydrogen-bond donors (Lipinski definition) is 3. The first-order chi connectivity index (χ1) is 9.61. The van der Waals surface area contributed by atoms with Gasteiger partial charge in [-0.1, -0.05) is 0 Å². The minimum absolute atomic E-state index is 0.219. The van der Waals surface area contributed by atoms with Crippen LogP contribution in [0.2, 0.25) is 0 Å². The van der Waals surface area contributed by atoms with Crippen LogP contribution in [0, 0.1) is 0 Å². The van der Waals surface area contributed by atoms with E-state index in [0.717, 1.165) is 19.5 Å². The minimum atomic E-state index is -0.368. The highest BCUT2D eigenvalue weighted by Crippen LogP contribution is 2.13. The number of ether oxygens (including phenoxy) is 1. The van der Waals surface area contributed by atoms with Gasteiger partial charge in [0, 0.05) is 24.8 Å². The maximum Gasteiger partial charge on any atom is 0.337 e. The second kappa shape index (κ2) is 6.71. The summed E-state index contributed by atoms with van der Waals surface area (Å²) in [6.45, 7) is 4.79. The fraction of sp³-hybridized carbons (Fsp3) is 0.692. The Morgan fingerprint density at radius 2 is 2.30 bits per heavy atom. The topological polar surface area (TPSA) is 82.7 Å². The largest absolute Gasteiger partial charge is 0.463 e. The smallest absolute Gasteiger partial charge is 0.337 e. The first-order valence-electron chi connectivity index (χ1n) is 6.96. The average molecular weight is 282 g/mol. The molecule has 7 heteroatoms. The number of likely N-dealkylation sites (N-methyl/N-ethyl adjacent to an activating group) is 1. The molecule has 1 atom stereocenters. The second-order valence-electron chi connectivity index (χ2n) is 5.05. The van der Waals surface area contributed by atoms with Crippen molar-refractivity contribution < 1.29 is 14.3 Å². The maximum absolute atomic E-state index is 11.9. The number of urea groups is 1. The van der Waals surface area contributed by atoms with Gasteiger partial charge in [-0.05, 0) is 26.9 Å². The standard InChI is InChI=1S/C13H22N4O3/c1-3-20-12(18)10-7-15-13(19)16-11(10)8-17(2)9-4-5-14-6-9/h9,14H,3-8H2,1-2H3,(H2,15,16,19). The molecule has 0 saturated carbocycles. The lowest BCUT2D eigenvalue weighted by Gasteiger charge is -2.28. The van der Waals surface area contributed by atoms with Crippen LogP contribution in [0.3, 0.4) is 0 Å². The zero-order valence-corrected chi connectivity index (χ0v) is 12.0. The van der Waals surface area contributed by atoms with Gasteiger partial charge < -0.3 is 20.7 Å². The Morgan fingerprint density at radius 3 is 2.95 bits per heavy atom. The van der Waals surface area contributed by atoms with Gasteiger partial charge in [0.05, 0.1) is 18.7 Å². The van der Waals surface area contributed by atoms with E-state index >= 15 is 0 Å². The van der Waals surface area contributed by atoms with Crippen molar-refractivity contribution in [1.29, 1.82) is 0 Å². The highest BCUT2D eigenvalue weighted by Gasteiger charge is 2.26. The summed E-state index contributed by atoms with van der Waals surface area (Å²) >= 11 is 0. The van der Waals surface area contributed by atoms with E-state index in [0.29, 0.717) is 30.5 Å². The van der Waals surface area contributed by atoms with E-state index in [1.165, 1.54) is 0 Å². The Balaban J connectivity index is 2.09. The summed E-state index contributed by atoms with van der Waals surface area (Å²) < 4.78 is 5.03. The molecule has 3 N–H and O–H groups in total. The van der Waals surface area contributed by atoms with Crippen LogP contribution in [0.1, 0.15) is 13.3 Å². The number of hydrogen-bond acceptors (Lipinski definition) is 5. The van der Waals surface area contributed by atoms with E-state index in [4.69, 9.17) is 4.74 Å². The minimum Gasteiger partial charge on any atom is -0.463 e. The lowest BCUT2D eigenvalue weighted by molar-refractivity contribution is -0.138. The van der Waals surface area contributed by atoms with E-state index in [1.807, 2.05) is 7.05 Å². The van der Waals surface area contributed by atoms with Crippen LogP contribution >= 0.6 is 0 Å². The Morgan fingerprint density at radius 1 is 1.50 bits per heavy atom. The van der Waals surface area contributed by atoms with Crippen LogP contribution in [-0.4, -0.2) is 62.8 Å². The monoisotopic (exact) mass is 282 g/mol. The van der Waals surface area contributed by atoms with Gasteiger partial charge in [-0.2, -0.15) is 0 Å². The van der Waals surface area contributed by atoms with Crippen LogP contribution in [0.5, 0.6) is 0 Å². The number of carbonyl (C=O) groups excluding carboxylic acids is 2. The molecule has 1 saturated heterocycles. The molecule has 0 aliphatic carbocycles. The lowest BCUT2D eigenvalue weighted by atomic mass is 10.1. The SMILES string of the molecule is CCOC(=O)C1=C(CN(C)C2CCNC2)NC(=O)NC1. The molecular formula is C13H22N4O3. The molecule has 0 aromatic rings. The van der Waals surface area contributed by atoms with Gasteiger partial charge in [-0.3, -0.25) is 4.90 Å². The molecule has 2 aliphatic heterocycles. The molecule has 1 unspecified atom stereocenters. The van der Waals surface area contributed by atoms with Gasteiger partial charge in [0.15, 0.2) is 0 Å². The summed E-state index contributed by atoms with van der Waals surface area (Å²) in [5, 5.41) is 8.64. The number of carbonyl (C=O) groups is 2. The third-order valence-electron chi connectivity index (χ3n) is 3.64. The first-order valence-corrected chi connectivity index (χ1v) is 6.96. The van der Waals surface area contributed by atoms with Gasteiger partial charge in [0.25, 0.3) is 0 Å². The van der Waals surface area contributed by atoms with Crippen molar-refractivity contribution >= 4 is 12.0 Å². The number of amides is 2. The Kier molecular flexibility index (Phi) is 4.97. The van der Waals surface area contributed by atoms with Gasteiger partial charge in [-0.15, -0.1) is 0 Å². The average Bonchev–Trinajstić information content (AvgIpc) is 2.93. The second-order valence-corrected chi connectivity index (χ2v) is 5.05. The van der Waals surface area contributed by atoms with Crippen LogP contribution < -0.4 is 16.0 Å². The molecule has 2 aliphatic rings. The van der Waals surface area contributed by atoms with E-state index in [2.05, 4.69) is 20.9 Å². The summed E-state index contributed by atoms with van der Waals surface area (Å²) in [4.78, 5) is 25.5. The summed E-state index contributed by atoms with van der Waals surface area (Å²) in [6.07, 6.45) is 1.07. The van der Waals surface area contributed by atoms with Crippen molar-refractivity contribution in [3.05, 3.63) is 11.3 Å². The highest BCUT2D eigenvalue weighted by molar-refractivity contribution is 5.93. The van der Waals surface area contributed by atoms with Gasteiger partial charge in [0.1, 0.15) is 0 Å². The van der Waals surface area contributed by atoms with Gasteiger partial charge >= 0.3 is 12.0 Å². The lowest BCUT2D eigenvalue weighted by Crippen LogP contribution is -2.47. The van der Waals surface area contributed by atoms with Gasteiger partial charge in [-0.25, -0.2) is 9.59 Å². The maximum atomic E-state index is 11.9. The third-order valence-corrected chi connectivity index (χ3v) is 3.64. The molecule has 7 nitrogen and oxygen atoms in total. The predicted octanol–water partition coefficient (Wildman–Crippen LogP) is -0.590. The van der Waals surface area contributed by atoms with Crippen molar-refractivity contribution in [2.45, 2.75) is 19.4 Å². The molecule has 112 valence electrons. The van der Waals surface area contributed by atoms with Crippen molar-refractivity contribution in [2.24, 2.45) is 0 Å². The molecule has 2 rings (SSSR count). The number of nitrogens with zero attached hydrogens (tertiary/aromatic N) is 1. The first kappa shape index (κ1) is 14.8. The zero-order chi connectivity index (χ0) is 14.5. The Hall–Kier alpha value is -1.60. The predicted molar refractivity (Wildman–Crippen MR) is 74.1 cm³/mol. The molecule has 0 aromatic carbocycles. The number of rotatable bonds is 5. The van der Waals surface area contributed by atoms with Crippen LogP contribution in [0.4, 0.5) is 4.79 Å². The van der Waals surface area contributed by atoms with Crippen LogP contribution in [-0.2, 0) is 9.53 Å². The van der Waals surface area contributed by atoms with Crippen LogP contribution in [0.15, 0.2) is 11.3 Å². The Bertz CT molecular complexity index is 416. The van der Waals surface area contributed by atoms with Crippen molar-refractivity contribution in [1.82, 2.24) is 20.9 Å². The van der Waals surface area contributed by atoms with E-state index < -0.39 is 0 Å². The van der Waals surface area contributed by atoms with Crippen LogP contribution in [0.25, 0.3) is 0 Å². The normalized spacial score (nSPS) is 22.8. The molecule has 0 spiro atoms. The molecule has 0 bridgehead atoms. The Labute approximate surface area is 118 Å². The van der Waals surface area contributed by atoms with Gasteiger partial charge in [0.2, 0.25) is 0 Å². The molecule has 0 radical (unpaired) electrons.